The van der Waals surface area contributed by atoms with E-state index in [1.165, 1.54) is 38.0 Å². The minimum Gasteiger partial charge on any atom is -0.308 e. The smallest absolute Gasteiger partial charge is 0.0538 e. The normalized spacial score (nSPS) is 31.6. The fraction of sp³-hybridized carbons (Fsp3) is 0.615. The van der Waals surface area contributed by atoms with Crippen molar-refractivity contribution in [3.05, 3.63) is 24.5 Å². The maximum absolute atomic E-state index is 4.19. The van der Waals surface area contributed by atoms with E-state index >= 15 is 0 Å². The Morgan fingerprint density at radius 1 is 1.47 bits per heavy atom. The third-order valence-corrected chi connectivity index (χ3v) is 4.07. The van der Waals surface area contributed by atoms with Crippen molar-refractivity contribution in [3.8, 4) is 0 Å². The van der Waals surface area contributed by atoms with E-state index in [0.717, 1.165) is 12.5 Å². The molecule has 3 aliphatic rings. The molecule has 4 heterocycles. The first-order valence-corrected chi connectivity index (χ1v) is 6.46. The maximum atomic E-state index is 4.19. The molecule has 4 rings (SSSR count). The number of nitrogens with zero attached hydrogens (tertiary/aromatic N) is 3. The summed E-state index contributed by atoms with van der Waals surface area (Å²) >= 11 is 0. The van der Waals surface area contributed by atoms with E-state index in [1.54, 1.807) is 10.9 Å². The van der Waals surface area contributed by atoms with E-state index < -0.39 is 0 Å². The van der Waals surface area contributed by atoms with Crippen LogP contribution in [-0.4, -0.2) is 40.4 Å². The molecule has 17 heavy (non-hydrogen) atoms. The molecule has 4 nitrogen and oxygen atoms in total. The lowest BCUT2D eigenvalue weighted by Gasteiger charge is -2.45. The number of fused-ring (bicyclic) bond motifs is 3. The third-order valence-electron chi connectivity index (χ3n) is 4.07. The first kappa shape index (κ1) is 11.0. The van der Waals surface area contributed by atoms with Crippen LogP contribution in [0.25, 0.3) is 6.20 Å². The Bertz CT molecular complexity index is 390. The van der Waals surface area contributed by atoms with Crippen molar-refractivity contribution in [2.75, 3.05) is 19.6 Å². The Labute approximate surface area is 102 Å². The van der Waals surface area contributed by atoms with Crippen LogP contribution < -0.4 is 5.32 Å². The van der Waals surface area contributed by atoms with E-state index in [9.17, 15) is 0 Å². The number of hydrogen-bond acceptors (Lipinski definition) is 3. The van der Waals surface area contributed by atoms with Crippen molar-refractivity contribution < 1.29 is 0 Å². The molecule has 1 unspecified atom stereocenters. The molecule has 0 amide bonds. The van der Waals surface area contributed by atoms with Gasteiger partial charge in [0.05, 0.1) is 6.20 Å². The highest BCUT2D eigenvalue weighted by Crippen LogP contribution is 2.27. The first-order chi connectivity index (χ1) is 8.35. The minimum atomic E-state index is 0.671. The Morgan fingerprint density at radius 3 is 2.88 bits per heavy atom. The molecule has 92 valence electrons. The van der Waals surface area contributed by atoms with Crippen LogP contribution in [0.2, 0.25) is 0 Å². The van der Waals surface area contributed by atoms with Gasteiger partial charge in [-0.25, -0.2) is 4.68 Å². The molecule has 3 fully saturated rings. The number of hydrogen-bond donors (Lipinski definition) is 1. The van der Waals surface area contributed by atoms with E-state index in [4.69, 9.17) is 0 Å². The molecule has 4 heteroatoms. The number of nitrogens with one attached hydrogen (secondary N) is 1. The monoisotopic (exact) mass is 232 g/mol. The van der Waals surface area contributed by atoms with Gasteiger partial charge in [-0.1, -0.05) is 6.58 Å². The van der Waals surface area contributed by atoms with E-state index in [2.05, 4.69) is 21.9 Å². The summed E-state index contributed by atoms with van der Waals surface area (Å²) in [4.78, 5) is 2.57. The van der Waals surface area contributed by atoms with E-state index in [0.29, 0.717) is 6.04 Å². The van der Waals surface area contributed by atoms with Crippen LogP contribution in [0.4, 0.5) is 0 Å². The van der Waals surface area contributed by atoms with Crippen LogP contribution in [0.5, 0.6) is 0 Å². The van der Waals surface area contributed by atoms with Crippen LogP contribution in [0.3, 0.4) is 0 Å². The topological polar surface area (TPSA) is 33.1 Å². The van der Waals surface area contributed by atoms with Gasteiger partial charge in [0.15, 0.2) is 0 Å². The van der Waals surface area contributed by atoms with Crippen LogP contribution in [0.15, 0.2) is 19.0 Å². The quantitative estimate of drug-likeness (QED) is 0.846. The molecular weight excluding hydrogens is 212 g/mol. The summed E-state index contributed by atoms with van der Waals surface area (Å²) in [6.07, 6.45) is 8.39. The molecule has 0 aliphatic carbocycles. The maximum Gasteiger partial charge on any atom is 0.0538 e. The summed E-state index contributed by atoms with van der Waals surface area (Å²) in [7, 11) is 0. The number of aromatic nitrogens is 2. The van der Waals surface area contributed by atoms with E-state index in [1.807, 2.05) is 12.4 Å². The second-order valence-corrected chi connectivity index (χ2v) is 5.14. The molecule has 0 spiro atoms. The zero-order chi connectivity index (χ0) is 11.7. The molecule has 0 radical (unpaired) electrons. The van der Waals surface area contributed by atoms with Crippen molar-refractivity contribution >= 4 is 6.20 Å². The average Bonchev–Trinajstić information content (AvgIpc) is 2.86. The lowest BCUT2D eigenvalue weighted by Crippen LogP contribution is -2.55. The van der Waals surface area contributed by atoms with Crippen LogP contribution >= 0.6 is 0 Å². The van der Waals surface area contributed by atoms with Crippen molar-refractivity contribution in [1.29, 1.82) is 0 Å². The summed E-state index contributed by atoms with van der Waals surface area (Å²) in [5.74, 6) is 0.884. The fourth-order valence-corrected chi connectivity index (χ4v) is 3.01. The molecule has 2 bridgehead atoms. The first-order valence-electron chi connectivity index (χ1n) is 6.46. The predicted octanol–water partition coefficient (Wildman–Crippen LogP) is 1.17. The van der Waals surface area contributed by atoms with Gasteiger partial charge in [0.25, 0.3) is 0 Å². The second-order valence-electron chi connectivity index (χ2n) is 5.14. The molecule has 1 atom stereocenters. The number of piperidine rings is 3. The van der Waals surface area contributed by atoms with Gasteiger partial charge in [-0.3, -0.25) is 0 Å². The minimum absolute atomic E-state index is 0.671. The standard InChI is InChI=1S/C13H20N4/c1-2-17-9-11(8-15-17)7-14-13-10-16-5-3-12(13)4-6-16/h2,8-9,12-14H,1,3-7,10H2. The highest BCUT2D eigenvalue weighted by molar-refractivity contribution is 5.17. The Hall–Kier alpha value is -1.13. The average molecular weight is 232 g/mol. The predicted molar refractivity (Wildman–Crippen MR) is 68.4 cm³/mol. The van der Waals surface area contributed by atoms with Crippen molar-refractivity contribution in [2.24, 2.45) is 5.92 Å². The second kappa shape index (κ2) is 4.63. The molecule has 3 aliphatic heterocycles. The molecule has 1 aromatic heterocycles. The van der Waals surface area contributed by atoms with Gasteiger partial charge in [-0.2, -0.15) is 5.10 Å². The molecule has 1 aromatic rings. The summed E-state index contributed by atoms with van der Waals surface area (Å²) < 4.78 is 1.76. The summed E-state index contributed by atoms with van der Waals surface area (Å²) in [6.45, 7) is 8.45. The lowest BCUT2D eigenvalue weighted by molar-refractivity contribution is 0.0720. The third kappa shape index (κ3) is 2.28. The van der Waals surface area contributed by atoms with Crippen LogP contribution in [0, 0.1) is 5.92 Å². The SMILES string of the molecule is C=Cn1cc(CNC2CN3CCC2CC3)cn1. The summed E-state index contributed by atoms with van der Waals surface area (Å²) in [6, 6.07) is 0.671. The van der Waals surface area contributed by atoms with Gasteiger partial charge in [0.2, 0.25) is 0 Å². The number of rotatable bonds is 4. The Balaban J connectivity index is 1.55. The van der Waals surface area contributed by atoms with E-state index in [-0.39, 0.29) is 0 Å². The van der Waals surface area contributed by atoms with Gasteiger partial charge in [0, 0.05) is 37.1 Å². The Kier molecular flexibility index (Phi) is 2.99. The van der Waals surface area contributed by atoms with Gasteiger partial charge >= 0.3 is 0 Å². The molecule has 0 aromatic carbocycles. The summed E-state index contributed by atoms with van der Waals surface area (Å²) in [5, 5.41) is 7.87. The molecule has 3 saturated heterocycles. The zero-order valence-electron chi connectivity index (χ0n) is 10.2. The van der Waals surface area contributed by atoms with Gasteiger partial charge in [0.1, 0.15) is 0 Å². The van der Waals surface area contributed by atoms with Crippen LogP contribution in [0.1, 0.15) is 18.4 Å². The fourth-order valence-electron chi connectivity index (χ4n) is 3.01. The molecular formula is C13H20N4. The van der Waals surface area contributed by atoms with Crippen molar-refractivity contribution in [3.63, 3.8) is 0 Å². The van der Waals surface area contributed by atoms with Gasteiger partial charge < -0.3 is 10.2 Å². The van der Waals surface area contributed by atoms with Gasteiger partial charge in [-0.15, -0.1) is 0 Å². The van der Waals surface area contributed by atoms with Crippen molar-refractivity contribution in [1.82, 2.24) is 20.0 Å². The highest BCUT2D eigenvalue weighted by Gasteiger charge is 2.33. The van der Waals surface area contributed by atoms with Crippen LogP contribution in [-0.2, 0) is 6.54 Å². The Morgan fingerprint density at radius 2 is 2.29 bits per heavy atom. The molecule has 1 N–H and O–H groups in total. The zero-order valence-corrected chi connectivity index (χ0v) is 10.2. The summed E-state index contributed by atoms with van der Waals surface area (Å²) in [5.41, 5.74) is 1.24. The molecule has 0 saturated carbocycles. The van der Waals surface area contributed by atoms with Crippen molar-refractivity contribution in [2.45, 2.75) is 25.4 Å². The largest absolute Gasteiger partial charge is 0.308 e. The highest BCUT2D eigenvalue weighted by atomic mass is 15.2. The van der Waals surface area contributed by atoms with Gasteiger partial charge in [-0.05, 0) is 31.8 Å². The lowest BCUT2D eigenvalue weighted by atomic mass is 9.84.